The zero-order valence-corrected chi connectivity index (χ0v) is 20.8. The molecule has 0 aliphatic carbocycles. The Balaban J connectivity index is 1.69. The quantitative estimate of drug-likeness (QED) is 0.0718. The maximum absolute atomic E-state index is 12.8. The number of nitrogens with one attached hydrogen (secondary N) is 1. The van der Waals surface area contributed by atoms with Crippen LogP contribution in [0.2, 0.25) is 0 Å². The second-order valence-corrected chi connectivity index (χ2v) is 8.10. The lowest BCUT2D eigenvalue weighted by Gasteiger charge is -2.25. The third-order valence-corrected chi connectivity index (χ3v) is 5.41. The second kappa shape index (κ2) is 11.9. The van der Waals surface area contributed by atoms with E-state index in [2.05, 4.69) is 20.4 Å². The van der Waals surface area contributed by atoms with Crippen LogP contribution in [0.5, 0.6) is 11.5 Å². The van der Waals surface area contributed by atoms with Gasteiger partial charge in [0.05, 0.1) is 24.2 Å². The summed E-state index contributed by atoms with van der Waals surface area (Å²) in [6.07, 6.45) is -4.85. The first-order valence-corrected chi connectivity index (χ1v) is 11.5. The Bertz CT molecular complexity index is 1490. The minimum atomic E-state index is -4.85. The molecule has 0 amide bonds. The number of ketones is 1. The number of alkyl halides is 3. The lowest BCUT2D eigenvalue weighted by atomic mass is 10.1. The van der Waals surface area contributed by atoms with E-state index in [1.54, 1.807) is 54.6 Å². The summed E-state index contributed by atoms with van der Waals surface area (Å²) in [5.41, 5.74) is 4.46. The first kappa shape index (κ1) is 27.5. The summed E-state index contributed by atoms with van der Waals surface area (Å²) in [7, 11) is 1.39. The van der Waals surface area contributed by atoms with Gasteiger partial charge >= 0.3 is 6.36 Å². The Hall–Kier alpha value is -4.52. The van der Waals surface area contributed by atoms with Crippen molar-refractivity contribution in [2.75, 3.05) is 18.9 Å². The maximum Gasteiger partial charge on any atom is 0.573 e. The summed E-state index contributed by atoms with van der Waals surface area (Å²) < 4.78 is 42.3. The lowest BCUT2D eigenvalue weighted by Crippen LogP contribution is -2.26. The fourth-order valence-electron chi connectivity index (χ4n) is 3.65. The van der Waals surface area contributed by atoms with Gasteiger partial charge in [-0.05, 0) is 73.0 Å². The van der Waals surface area contributed by atoms with Gasteiger partial charge < -0.3 is 14.7 Å². The lowest BCUT2D eigenvalue weighted by molar-refractivity contribution is -0.274. The van der Waals surface area contributed by atoms with Crippen LogP contribution in [0.4, 0.5) is 35.9 Å². The van der Waals surface area contributed by atoms with Gasteiger partial charge in [0.1, 0.15) is 23.9 Å². The number of phenols is 1. The van der Waals surface area contributed by atoms with Crippen molar-refractivity contribution in [3.8, 4) is 11.5 Å². The van der Waals surface area contributed by atoms with Crippen molar-refractivity contribution >= 4 is 39.3 Å². The molecule has 4 aromatic carbocycles. The van der Waals surface area contributed by atoms with Crippen molar-refractivity contribution in [2.45, 2.75) is 13.3 Å². The first-order valence-electron chi connectivity index (χ1n) is 11.5. The Kier molecular flexibility index (Phi) is 8.39. The molecule has 0 saturated carbocycles. The molecule has 0 unspecified atom stereocenters. The molecule has 0 saturated heterocycles. The van der Waals surface area contributed by atoms with E-state index in [0.717, 1.165) is 0 Å². The summed E-state index contributed by atoms with van der Waals surface area (Å²) in [6, 6.07) is 20.0. The average Bonchev–Trinajstić information content (AvgIpc) is 2.90. The zero-order chi connectivity index (χ0) is 28.0. The number of Topliss-reactive ketones (excluding diaryl/α,β-unsaturated/α-hetero) is 1. The molecule has 0 aliphatic rings. The van der Waals surface area contributed by atoms with E-state index in [9.17, 15) is 23.1 Å². The largest absolute Gasteiger partial charge is 0.573 e. The molecule has 4 rings (SSSR count). The standard InChI is InChI=1S/C27H23F3N4O5/c1-17(35)18-6-9-20(10-7-18)32-33-26-24-12-11-22(14-19(24)8-13-25(26)36)34(38-16-31-37-2)21-4-3-5-23(15-21)39-27(28,29)30/h3-15,31,36H,16H2,1-2H3. The van der Waals surface area contributed by atoms with Gasteiger partial charge in [-0.1, -0.05) is 12.1 Å². The van der Waals surface area contributed by atoms with Crippen molar-refractivity contribution in [1.82, 2.24) is 5.48 Å². The number of nitrogens with zero attached hydrogens (tertiary/aromatic N) is 3. The molecule has 0 heterocycles. The number of aromatic hydroxyl groups is 1. The van der Waals surface area contributed by atoms with Crippen LogP contribution in [0.1, 0.15) is 17.3 Å². The van der Waals surface area contributed by atoms with E-state index in [0.29, 0.717) is 27.7 Å². The van der Waals surface area contributed by atoms with Gasteiger partial charge in [0.25, 0.3) is 0 Å². The molecule has 202 valence electrons. The molecule has 2 N–H and O–H groups in total. The highest BCUT2D eigenvalue weighted by molar-refractivity contribution is 5.97. The third kappa shape index (κ3) is 7.08. The Morgan fingerprint density at radius 3 is 2.41 bits per heavy atom. The highest BCUT2D eigenvalue weighted by Gasteiger charge is 2.31. The molecule has 9 nitrogen and oxygen atoms in total. The smallest absolute Gasteiger partial charge is 0.506 e. The minimum Gasteiger partial charge on any atom is -0.506 e. The molecular formula is C27H23F3N4O5. The molecule has 39 heavy (non-hydrogen) atoms. The number of rotatable bonds is 10. The van der Waals surface area contributed by atoms with Crippen molar-refractivity contribution in [2.24, 2.45) is 10.2 Å². The fraction of sp³-hybridized carbons (Fsp3) is 0.148. The zero-order valence-electron chi connectivity index (χ0n) is 20.8. The van der Waals surface area contributed by atoms with Crippen LogP contribution in [-0.4, -0.2) is 31.1 Å². The number of fused-ring (bicyclic) bond motifs is 1. The van der Waals surface area contributed by atoms with Crippen LogP contribution in [0.25, 0.3) is 10.8 Å². The molecule has 4 aromatic rings. The number of benzene rings is 4. The predicted octanol–water partition coefficient (Wildman–Crippen LogP) is 7.24. The fourth-order valence-corrected chi connectivity index (χ4v) is 3.65. The predicted molar refractivity (Wildman–Crippen MR) is 138 cm³/mol. The SMILES string of the molecule is CONCON(c1cccc(OC(F)(F)F)c1)c1ccc2c(N=Nc3ccc(C(C)=O)cc3)c(O)ccc2c1. The summed E-state index contributed by atoms with van der Waals surface area (Å²) in [5, 5.41) is 21.4. The summed E-state index contributed by atoms with van der Waals surface area (Å²) >= 11 is 0. The normalized spacial score (nSPS) is 11.7. The number of carbonyl (C=O) groups excluding carboxylic acids is 1. The van der Waals surface area contributed by atoms with Gasteiger partial charge in [0.2, 0.25) is 0 Å². The number of hydroxylamine groups is 1. The molecule has 0 aromatic heterocycles. The highest BCUT2D eigenvalue weighted by Crippen LogP contribution is 2.39. The molecular weight excluding hydrogens is 517 g/mol. The van der Waals surface area contributed by atoms with Crippen molar-refractivity contribution in [1.29, 1.82) is 0 Å². The van der Waals surface area contributed by atoms with E-state index in [4.69, 9.17) is 9.68 Å². The number of ether oxygens (including phenoxy) is 1. The van der Waals surface area contributed by atoms with Gasteiger partial charge in [0, 0.05) is 17.0 Å². The first-order chi connectivity index (χ1) is 18.6. The molecule has 0 aliphatic heterocycles. The summed E-state index contributed by atoms with van der Waals surface area (Å²) in [6.45, 7) is 1.34. The Labute approximate surface area is 221 Å². The number of anilines is 2. The molecule has 0 bridgehead atoms. The van der Waals surface area contributed by atoms with E-state index >= 15 is 0 Å². The number of carbonyl (C=O) groups is 1. The van der Waals surface area contributed by atoms with Gasteiger partial charge in [-0.15, -0.1) is 18.3 Å². The third-order valence-electron chi connectivity index (χ3n) is 5.41. The van der Waals surface area contributed by atoms with Crippen LogP contribution in [0.3, 0.4) is 0 Å². The van der Waals surface area contributed by atoms with Crippen molar-refractivity contribution in [3.63, 3.8) is 0 Å². The molecule has 0 radical (unpaired) electrons. The van der Waals surface area contributed by atoms with Crippen LogP contribution < -0.4 is 15.3 Å². The number of hydrogen-bond donors (Lipinski definition) is 2. The van der Waals surface area contributed by atoms with Crippen LogP contribution >= 0.6 is 0 Å². The second-order valence-electron chi connectivity index (χ2n) is 8.10. The van der Waals surface area contributed by atoms with E-state index in [-0.39, 0.29) is 29.6 Å². The van der Waals surface area contributed by atoms with E-state index in [1.807, 2.05) is 0 Å². The molecule has 0 fully saturated rings. The van der Waals surface area contributed by atoms with E-state index < -0.39 is 12.1 Å². The van der Waals surface area contributed by atoms with Crippen LogP contribution in [0.15, 0.2) is 89.1 Å². The Morgan fingerprint density at radius 2 is 1.72 bits per heavy atom. The summed E-state index contributed by atoms with van der Waals surface area (Å²) in [5.74, 6) is -0.594. The van der Waals surface area contributed by atoms with Gasteiger partial charge in [-0.3, -0.25) is 9.63 Å². The van der Waals surface area contributed by atoms with Crippen LogP contribution in [0, 0.1) is 0 Å². The topological polar surface area (TPSA) is 105 Å². The Morgan fingerprint density at radius 1 is 0.974 bits per heavy atom. The van der Waals surface area contributed by atoms with Crippen LogP contribution in [-0.2, 0) is 9.68 Å². The number of azo groups is 1. The number of halogens is 3. The monoisotopic (exact) mass is 540 g/mol. The minimum absolute atomic E-state index is 0.0726. The molecule has 0 spiro atoms. The van der Waals surface area contributed by atoms with E-state index in [1.165, 1.54) is 43.4 Å². The number of phenolic OH excluding ortho intramolecular Hbond substituents is 1. The van der Waals surface area contributed by atoms with Gasteiger partial charge in [-0.25, -0.2) is 5.06 Å². The van der Waals surface area contributed by atoms with Crippen molar-refractivity contribution in [3.05, 3.63) is 84.4 Å². The number of hydrogen-bond acceptors (Lipinski definition) is 9. The average molecular weight is 540 g/mol. The molecule has 12 heteroatoms. The maximum atomic E-state index is 12.8. The van der Waals surface area contributed by atoms with Gasteiger partial charge in [-0.2, -0.15) is 10.6 Å². The highest BCUT2D eigenvalue weighted by atomic mass is 19.4. The summed E-state index contributed by atoms with van der Waals surface area (Å²) in [4.78, 5) is 22.0. The molecule has 0 atom stereocenters. The van der Waals surface area contributed by atoms with Crippen molar-refractivity contribution < 1.29 is 37.5 Å². The van der Waals surface area contributed by atoms with Gasteiger partial charge in [0.15, 0.2) is 5.78 Å².